The topological polar surface area (TPSA) is 101 Å². The minimum absolute atomic E-state index is 0.00554. The summed E-state index contributed by atoms with van der Waals surface area (Å²) in [5, 5.41) is 14.2. The molecular formula is C12H16N2O4S. The first-order chi connectivity index (χ1) is 8.70. The number of carbonyl (C=O) groups is 1. The van der Waals surface area contributed by atoms with E-state index < -0.39 is 15.3 Å². The molecule has 1 unspecified atom stereocenters. The molecule has 0 aliphatic carbocycles. The van der Waals surface area contributed by atoms with Crippen LogP contribution < -0.4 is 10.0 Å². The minimum atomic E-state index is -3.75. The van der Waals surface area contributed by atoms with Gasteiger partial charge in [0.25, 0.3) is 0 Å². The van der Waals surface area contributed by atoms with E-state index in [1.807, 2.05) is 6.92 Å². The lowest BCUT2D eigenvalue weighted by atomic mass is 10.1. The molecule has 104 valence electrons. The van der Waals surface area contributed by atoms with Crippen molar-refractivity contribution in [1.29, 1.82) is 0 Å². The molecule has 6 nitrogen and oxygen atoms in total. The van der Waals surface area contributed by atoms with Crippen LogP contribution in [0.2, 0.25) is 0 Å². The normalized spacial score (nSPS) is 20.1. The van der Waals surface area contributed by atoms with Gasteiger partial charge < -0.3 is 10.0 Å². The van der Waals surface area contributed by atoms with Crippen LogP contribution in [0.5, 0.6) is 5.75 Å². The molecule has 7 heteroatoms. The Morgan fingerprint density at radius 3 is 2.53 bits per heavy atom. The van der Waals surface area contributed by atoms with Crippen LogP contribution in [0, 0.1) is 13.8 Å². The number of primary sulfonamides is 1. The molecule has 1 atom stereocenters. The Hall–Kier alpha value is -1.60. The van der Waals surface area contributed by atoms with Crippen molar-refractivity contribution in [3.05, 3.63) is 23.3 Å². The summed E-state index contributed by atoms with van der Waals surface area (Å²) in [6.45, 7) is 3.55. The van der Waals surface area contributed by atoms with Crippen molar-refractivity contribution in [2.45, 2.75) is 25.5 Å². The zero-order valence-corrected chi connectivity index (χ0v) is 11.6. The van der Waals surface area contributed by atoms with Gasteiger partial charge in [-0.3, -0.25) is 4.79 Å². The van der Waals surface area contributed by atoms with E-state index in [4.69, 9.17) is 5.14 Å². The van der Waals surface area contributed by atoms with Crippen molar-refractivity contribution >= 4 is 21.6 Å². The molecule has 1 amide bonds. The van der Waals surface area contributed by atoms with Gasteiger partial charge in [0.15, 0.2) is 0 Å². The summed E-state index contributed by atoms with van der Waals surface area (Å²) in [6.07, 6.45) is -0.148. The van der Waals surface area contributed by atoms with Crippen molar-refractivity contribution in [3.8, 4) is 5.75 Å². The average Bonchev–Trinajstić information content (AvgIpc) is 2.65. The molecule has 0 bridgehead atoms. The average molecular weight is 284 g/mol. The summed E-state index contributed by atoms with van der Waals surface area (Å²) in [6, 6.07) is 3.45. The molecule has 1 fully saturated rings. The van der Waals surface area contributed by atoms with Crippen LogP contribution in [0.25, 0.3) is 0 Å². The number of hydrogen-bond donors (Lipinski definition) is 2. The van der Waals surface area contributed by atoms with E-state index in [-0.39, 0.29) is 24.6 Å². The quantitative estimate of drug-likeness (QED) is 0.821. The van der Waals surface area contributed by atoms with Crippen LogP contribution in [0.3, 0.4) is 0 Å². The monoisotopic (exact) mass is 284 g/mol. The maximum absolute atomic E-state index is 11.9. The number of carbonyl (C=O) groups excluding carboxylic acids is 1. The summed E-state index contributed by atoms with van der Waals surface area (Å²) < 4.78 is 22.6. The molecule has 0 spiro atoms. The number of anilines is 1. The molecule has 1 heterocycles. The Morgan fingerprint density at radius 1 is 1.37 bits per heavy atom. The number of rotatable bonds is 2. The van der Waals surface area contributed by atoms with Crippen LogP contribution in [-0.4, -0.2) is 31.2 Å². The summed E-state index contributed by atoms with van der Waals surface area (Å²) in [4.78, 5) is 13.2. The van der Waals surface area contributed by atoms with Gasteiger partial charge in [-0.2, -0.15) is 0 Å². The second-order valence-corrected chi connectivity index (χ2v) is 6.71. The van der Waals surface area contributed by atoms with E-state index in [0.717, 1.165) is 5.56 Å². The molecule has 1 aliphatic rings. The van der Waals surface area contributed by atoms with Gasteiger partial charge >= 0.3 is 0 Å². The van der Waals surface area contributed by atoms with Crippen molar-refractivity contribution < 1.29 is 18.3 Å². The summed E-state index contributed by atoms with van der Waals surface area (Å²) in [5.41, 5.74) is 1.87. The second kappa shape index (κ2) is 4.50. The molecular weight excluding hydrogens is 268 g/mol. The van der Waals surface area contributed by atoms with Crippen LogP contribution in [0.4, 0.5) is 5.69 Å². The third-order valence-corrected chi connectivity index (χ3v) is 4.51. The fourth-order valence-electron chi connectivity index (χ4n) is 2.27. The first kappa shape index (κ1) is 13.8. The molecule has 1 aliphatic heterocycles. The largest absolute Gasteiger partial charge is 0.505 e. The number of aromatic hydroxyl groups is 1. The number of hydrogen-bond acceptors (Lipinski definition) is 4. The van der Waals surface area contributed by atoms with Gasteiger partial charge in [-0.1, -0.05) is 6.07 Å². The van der Waals surface area contributed by atoms with E-state index in [9.17, 15) is 18.3 Å². The Morgan fingerprint density at radius 2 is 2.00 bits per heavy atom. The van der Waals surface area contributed by atoms with E-state index >= 15 is 0 Å². The lowest BCUT2D eigenvalue weighted by Gasteiger charge is -2.19. The molecule has 0 radical (unpaired) electrons. The second-order valence-electron chi connectivity index (χ2n) is 4.87. The molecule has 0 saturated carbocycles. The van der Waals surface area contributed by atoms with E-state index in [0.29, 0.717) is 11.3 Å². The molecule has 2 rings (SSSR count). The van der Waals surface area contributed by atoms with Crippen molar-refractivity contribution in [2.24, 2.45) is 5.14 Å². The lowest BCUT2D eigenvalue weighted by molar-refractivity contribution is -0.117. The number of phenols is 1. The van der Waals surface area contributed by atoms with Gasteiger partial charge in [0.05, 0.1) is 5.69 Å². The molecule has 1 saturated heterocycles. The highest BCUT2D eigenvalue weighted by molar-refractivity contribution is 7.89. The smallest absolute Gasteiger partial charge is 0.228 e. The van der Waals surface area contributed by atoms with Crippen LogP contribution in [0.15, 0.2) is 12.1 Å². The highest BCUT2D eigenvalue weighted by Gasteiger charge is 2.38. The van der Waals surface area contributed by atoms with Gasteiger partial charge in [-0.25, -0.2) is 13.6 Å². The first-order valence-corrected chi connectivity index (χ1v) is 7.43. The van der Waals surface area contributed by atoms with E-state index in [1.165, 1.54) is 4.90 Å². The zero-order valence-electron chi connectivity index (χ0n) is 10.8. The molecule has 0 aromatic heterocycles. The maximum Gasteiger partial charge on any atom is 0.228 e. The van der Waals surface area contributed by atoms with E-state index in [2.05, 4.69) is 0 Å². The highest BCUT2D eigenvalue weighted by atomic mass is 32.2. The predicted octanol–water partition coefficient (Wildman–Crippen LogP) is 0.403. The minimum Gasteiger partial charge on any atom is -0.505 e. The standard InChI is InChI=1S/C12H16N2O4S/c1-7-3-8(2)12(16)10(4-7)14-6-9(5-11(14)15)19(13,17)18/h3-4,9,16H,5-6H2,1-2H3,(H2,13,17,18). The number of sulfonamides is 1. The number of aryl methyl sites for hydroxylation is 2. The third kappa shape index (κ3) is 2.57. The Labute approximate surface area is 111 Å². The third-order valence-electron chi connectivity index (χ3n) is 3.27. The fraction of sp³-hybridized carbons (Fsp3) is 0.417. The van der Waals surface area contributed by atoms with Gasteiger partial charge in [0.2, 0.25) is 15.9 Å². The molecule has 1 aromatic rings. The SMILES string of the molecule is Cc1cc(C)c(O)c(N2CC(S(N)(=O)=O)CC2=O)c1. The van der Waals surface area contributed by atoms with Crippen molar-refractivity contribution in [3.63, 3.8) is 0 Å². The Balaban J connectivity index is 2.41. The van der Waals surface area contributed by atoms with Crippen LogP contribution >= 0.6 is 0 Å². The van der Waals surface area contributed by atoms with Gasteiger partial charge in [-0.15, -0.1) is 0 Å². The zero-order chi connectivity index (χ0) is 14.4. The summed E-state index contributed by atoms with van der Waals surface area (Å²) >= 11 is 0. The number of nitrogens with zero attached hydrogens (tertiary/aromatic N) is 1. The summed E-state index contributed by atoms with van der Waals surface area (Å²) in [7, 11) is -3.75. The van der Waals surface area contributed by atoms with Crippen molar-refractivity contribution in [2.75, 3.05) is 11.4 Å². The Kier molecular flexibility index (Phi) is 3.27. The van der Waals surface area contributed by atoms with Crippen LogP contribution in [-0.2, 0) is 14.8 Å². The number of phenolic OH excluding ortho intramolecular Hbond substituents is 1. The van der Waals surface area contributed by atoms with Crippen LogP contribution in [0.1, 0.15) is 17.5 Å². The van der Waals surface area contributed by atoms with E-state index in [1.54, 1.807) is 19.1 Å². The molecule has 19 heavy (non-hydrogen) atoms. The number of benzene rings is 1. The summed E-state index contributed by atoms with van der Waals surface area (Å²) in [5.74, 6) is -0.353. The first-order valence-electron chi connectivity index (χ1n) is 5.82. The highest BCUT2D eigenvalue weighted by Crippen LogP contribution is 2.35. The van der Waals surface area contributed by atoms with Crippen molar-refractivity contribution in [1.82, 2.24) is 0 Å². The fourth-order valence-corrected chi connectivity index (χ4v) is 3.00. The molecule has 3 N–H and O–H groups in total. The predicted molar refractivity (Wildman–Crippen MR) is 71.4 cm³/mol. The number of nitrogens with two attached hydrogens (primary N) is 1. The van der Waals surface area contributed by atoms with Gasteiger partial charge in [0, 0.05) is 13.0 Å². The Bertz CT molecular complexity index is 639. The van der Waals surface area contributed by atoms with Gasteiger partial charge in [0.1, 0.15) is 11.0 Å². The van der Waals surface area contributed by atoms with Gasteiger partial charge in [-0.05, 0) is 31.0 Å². The molecule has 1 aromatic carbocycles. The maximum atomic E-state index is 11.9. The lowest BCUT2D eigenvalue weighted by Crippen LogP contribution is -2.32. The number of amides is 1.